The fraction of sp³-hybridized carbons (Fsp3) is 0.455. The third-order valence-electron chi connectivity index (χ3n) is 2.04. The fourth-order valence-electron chi connectivity index (χ4n) is 1.34. The molecule has 1 aromatic rings. The van der Waals surface area contributed by atoms with Crippen molar-refractivity contribution in [3.05, 3.63) is 35.9 Å². The zero-order valence-corrected chi connectivity index (χ0v) is 8.24. The number of nitrogens with zero attached hydrogens (tertiary/aromatic N) is 1. The molecule has 0 radical (unpaired) electrons. The molecule has 0 fully saturated rings. The van der Waals surface area contributed by atoms with Gasteiger partial charge in [0.1, 0.15) is 0 Å². The van der Waals surface area contributed by atoms with E-state index in [1.807, 2.05) is 6.07 Å². The smallest absolute Gasteiger partial charge is 0.0230 e. The molecule has 72 valence electrons. The predicted molar refractivity (Wildman–Crippen MR) is 56.4 cm³/mol. The Balaban J connectivity index is 2.32. The van der Waals surface area contributed by atoms with Crippen LogP contribution in [-0.4, -0.2) is 25.0 Å². The molecular formula is C11H18N2. The van der Waals surface area contributed by atoms with Gasteiger partial charge in [0.15, 0.2) is 0 Å². The van der Waals surface area contributed by atoms with Crippen molar-refractivity contribution < 1.29 is 0 Å². The van der Waals surface area contributed by atoms with Crippen molar-refractivity contribution in [2.24, 2.45) is 5.73 Å². The van der Waals surface area contributed by atoms with Crippen molar-refractivity contribution >= 4 is 0 Å². The summed E-state index contributed by atoms with van der Waals surface area (Å²) in [5.74, 6) is 0. The van der Waals surface area contributed by atoms with Crippen molar-refractivity contribution in [1.82, 2.24) is 4.90 Å². The molecule has 1 rings (SSSR count). The van der Waals surface area contributed by atoms with E-state index < -0.39 is 0 Å². The van der Waals surface area contributed by atoms with Gasteiger partial charge >= 0.3 is 0 Å². The van der Waals surface area contributed by atoms with Crippen LogP contribution in [0.4, 0.5) is 0 Å². The molecule has 0 aromatic heterocycles. The van der Waals surface area contributed by atoms with E-state index in [1.54, 1.807) is 0 Å². The van der Waals surface area contributed by atoms with Gasteiger partial charge in [-0.1, -0.05) is 30.3 Å². The second-order valence-electron chi connectivity index (χ2n) is 3.37. The maximum Gasteiger partial charge on any atom is 0.0230 e. The van der Waals surface area contributed by atoms with Crippen LogP contribution < -0.4 is 5.73 Å². The highest BCUT2D eigenvalue weighted by molar-refractivity contribution is 5.14. The van der Waals surface area contributed by atoms with Gasteiger partial charge in [-0.3, -0.25) is 0 Å². The van der Waals surface area contributed by atoms with Crippen LogP contribution in [0.5, 0.6) is 0 Å². The first-order valence-electron chi connectivity index (χ1n) is 4.75. The third kappa shape index (κ3) is 4.06. The van der Waals surface area contributed by atoms with Crippen molar-refractivity contribution in [2.45, 2.75) is 13.0 Å². The molecule has 2 N–H and O–H groups in total. The first-order valence-corrected chi connectivity index (χ1v) is 4.75. The number of benzene rings is 1. The molecule has 0 saturated carbocycles. The number of rotatable bonds is 5. The summed E-state index contributed by atoms with van der Waals surface area (Å²) in [5.41, 5.74) is 6.81. The van der Waals surface area contributed by atoms with Crippen LogP contribution >= 0.6 is 0 Å². The van der Waals surface area contributed by atoms with Crippen LogP contribution in [0.25, 0.3) is 0 Å². The number of hydrogen-bond acceptors (Lipinski definition) is 2. The molecule has 2 nitrogen and oxygen atoms in total. The van der Waals surface area contributed by atoms with Gasteiger partial charge in [0, 0.05) is 6.54 Å². The Kier molecular flexibility index (Phi) is 4.50. The molecule has 0 spiro atoms. The van der Waals surface area contributed by atoms with E-state index in [4.69, 9.17) is 5.73 Å². The standard InChI is InChI=1S/C11H18N2/c1-13(9-5-8-12)10-11-6-3-2-4-7-11/h2-4,6-7H,5,8-10,12H2,1H3. The summed E-state index contributed by atoms with van der Waals surface area (Å²) < 4.78 is 0. The second kappa shape index (κ2) is 5.73. The minimum atomic E-state index is 0.777. The summed E-state index contributed by atoms with van der Waals surface area (Å²) in [6, 6.07) is 10.5. The third-order valence-corrected chi connectivity index (χ3v) is 2.04. The van der Waals surface area contributed by atoms with E-state index >= 15 is 0 Å². The minimum absolute atomic E-state index is 0.777. The van der Waals surface area contributed by atoms with Gasteiger partial charge in [-0.2, -0.15) is 0 Å². The van der Waals surface area contributed by atoms with Gasteiger partial charge in [-0.15, -0.1) is 0 Å². The lowest BCUT2D eigenvalue weighted by Crippen LogP contribution is -2.21. The lowest BCUT2D eigenvalue weighted by Gasteiger charge is -2.15. The molecule has 0 amide bonds. The summed E-state index contributed by atoms with van der Waals surface area (Å²) in [6.45, 7) is 2.87. The zero-order valence-electron chi connectivity index (χ0n) is 8.24. The van der Waals surface area contributed by atoms with Crippen LogP contribution in [0, 0.1) is 0 Å². The molecule has 0 bridgehead atoms. The highest BCUT2D eigenvalue weighted by Crippen LogP contribution is 2.02. The van der Waals surface area contributed by atoms with Gasteiger partial charge in [-0.25, -0.2) is 0 Å². The lowest BCUT2D eigenvalue weighted by molar-refractivity contribution is 0.324. The van der Waals surface area contributed by atoms with Gasteiger partial charge in [0.05, 0.1) is 0 Å². The van der Waals surface area contributed by atoms with E-state index in [1.165, 1.54) is 5.56 Å². The zero-order chi connectivity index (χ0) is 9.52. The van der Waals surface area contributed by atoms with Crippen molar-refractivity contribution in [1.29, 1.82) is 0 Å². The Bertz CT molecular complexity index is 221. The van der Waals surface area contributed by atoms with Crippen molar-refractivity contribution in [3.63, 3.8) is 0 Å². The lowest BCUT2D eigenvalue weighted by atomic mass is 10.2. The quantitative estimate of drug-likeness (QED) is 0.739. The van der Waals surface area contributed by atoms with Crippen molar-refractivity contribution in [3.8, 4) is 0 Å². The van der Waals surface area contributed by atoms with Gasteiger partial charge in [-0.05, 0) is 32.1 Å². The monoisotopic (exact) mass is 178 g/mol. The Labute approximate surface area is 80.4 Å². The molecule has 0 unspecified atom stereocenters. The molecule has 0 aliphatic heterocycles. The molecular weight excluding hydrogens is 160 g/mol. The second-order valence-corrected chi connectivity index (χ2v) is 3.37. The van der Waals surface area contributed by atoms with E-state index in [-0.39, 0.29) is 0 Å². The molecule has 0 atom stereocenters. The average molecular weight is 178 g/mol. The normalized spacial score (nSPS) is 10.7. The first kappa shape index (κ1) is 10.2. The van der Waals surface area contributed by atoms with E-state index in [2.05, 4.69) is 36.2 Å². The van der Waals surface area contributed by atoms with Crippen LogP contribution in [-0.2, 0) is 6.54 Å². The van der Waals surface area contributed by atoms with Gasteiger partial charge < -0.3 is 10.6 Å². The van der Waals surface area contributed by atoms with E-state index in [0.717, 1.165) is 26.1 Å². The van der Waals surface area contributed by atoms with Gasteiger partial charge in [0.25, 0.3) is 0 Å². The van der Waals surface area contributed by atoms with Crippen LogP contribution in [0.1, 0.15) is 12.0 Å². The molecule has 1 aromatic carbocycles. The molecule has 0 aliphatic rings. The molecule has 0 saturated heterocycles. The van der Waals surface area contributed by atoms with Crippen molar-refractivity contribution in [2.75, 3.05) is 20.1 Å². The van der Waals surface area contributed by atoms with Crippen LogP contribution in [0.2, 0.25) is 0 Å². The van der Waals surface area contributed by atoms with Crippen LogP contribution in [0.15, 0.2) is 30.3 Å². The molecule has 13 heavy (non-hydrogen) atoms. The largest absolute Gasteiger partial charge is 0.330 e. The summed E-state index contributed by atoms with van der Waals surface area (Å²) in [6.07, 6.45) is 1.07. The highest BCUT2D eigenvalue weighted by atomic mass is 15.1. The number of hydrogen-bond donors (Lipinski definition) is 1. The van der Waals surface area contributed by atoms with E-state index in [9.17, 15) is 0 Å². The predicted octanol–water partition coefficient (Wildman–Crippen LogP) is 1.47. The molecule has 2 heteroatoms. The molecule has 0 heterocycles. The summed E-state index contributed by atoms with van der Waals surface area (Å²) in [7, 11) is 2.13. The summed E-state index contributed by atoms with van der Waals surface area (Å²) >= 11 is 0. The Morgan fingerprint density at radius 1 is 1.23 bits per heavy atom. The average Bonchev–Trinajstić information content (AvgIpc) is 2.16. The van der Waals surface area contributed by atoms with E-state index in [0.29, 0.717) is 0 Å². The Morgan fingerprint density at radius 2 is 1.92 bits per heavy atom. The minimum Gasteiger partial charge on any atom is -0.330 e. The SMILES string of the molecule is CN(CCCN)Cc1ccccc1. The summed E-state index contributed by atoms with van der Waals surface area (Å²) in [4.78, 5) is 2.29. The molecule has 0 aliphatic carbocycles. The maximum atomic E-state index is 5.44. The first-order chi connectivity index (χ1) is 6.33. The Hall–Kier alpha value is -0.860. The fourth-order valence-corrected chi connectivity index (χ4v) is 1.34. The summed E-state index contributed by atoms with van der Waals surface area (Å²) in [5, 5.41) is 0. The van der Waals surface area contributed by atoms with Gasteiger partial charge in [0.2, 0.25) is 0 Å². The number of nitrogens with two attached hydrogens (primary N) is 1. The topological polar surface area (TPSA) is 29.3 Å². The maximum absolute atomic E-state index is 5.44. The Morgan fingerprint density at radius 3 is 2.54 bits per heavy atom. The van der Waals surface area contributed by atoms with Crippen LogP contribution in [0.3, 0.4) is 0 Å². The highest BCUT2D eigenvalue weighted by Gasteiger charge is 1.97.